The number of aryl methyl sites for hydroxylation is 2. The predicted molar refractivity (Wildman–Crippen MR) is 69.4 cm³/mol. The van der Waals surface area contributed by atoms with E-state index in [1.165, 1.54) is 22.0 Å². The maximum Gasteiger partial charge on any atom is 0.317 e. The number of aliphatic carboxylic acids is 1. The van der Waals surface area contributed by atoms with E-state index in [0.717, 1.165) is 12.1 Å². The van der Waals surface area contributed by atoms with Crippen molar-refractivity contribution in [2.24, 2.45) is 0 Å². The minimum absolute atomic E-state index is 0.0870. The summed E-state index contributed by atoms with van der Waals surface area (Å²) < 4.78 is 4.30. The second-order valence-electron chi connectivity index (χ2n) is 4.36. The van der Waals surface area contributed by atoms with Gasteiger partial charge in [-0.25, -0.2) is 0 Å². The second-order valence-corrected chi connectivity index (χ2v) is 5.34. The average molecular weight is 256 g/mol. The first-order valence-corrected chi connectivity index (χ1v) is 6.60. The van der Waals surface area contributed by atoms with Gasteiger partial charge >= 0.3 is 5.97 Å². The van der Waals surface area contributed by atoms with E-state index in [4.69, 9.17) is 5.11 Å². The first kappa shape index (κ1) is 14.1. The molecule has 1 unspecified atom stereocenters. The van der Waals surface area contributed by atoms with E-state index >= 15 is 0 Å². The van der Waals surface area contributed by atoms with Crippen LogP contribution in [0.2, 0.25) is 0 Å². The van der Waals surface area contributed by atoms with Gasteiger partial charge in [-0.05, 0) is 38.7 Å². The summed E-state index contributed by atoms with van der Waals surface area (Å²) in [5.74, 6) is -0.774. The van der Waals surface area contributed by atoms with E-state index in [1.807, 2.05) is 18.7 Å². The van der Waals surface area contributed by atoms with Crippen LogP contribution in [0.4, 0.5) is 0 Å². The highest BCUT2D eigenvalue weighted by Crippen LogP contribution is 2.20. The third-order valence-electron chi connectivity index (χ3n) is 3.09. The Labute approximate surface area is 106 Å². The zero-order valence-electron chi connectivity index (χ0n) is 10.9. The summed E-state index contributed by atoms with van der Waals surface area (Å²) in [5, 5.41) is 8.94. The molecule has 1 atom stereocenters. The van der Waals surface area contributed by atoms with Crippen molar-refractivity contribution in [3.63, 3.8) is 0 Å². The Kier molecular flexibility index (Phi) is 5.08. The smallest absolute Gasteiger partial charge is 0.317 e. The van der Waals surface area contributed by atoms with E-state index in [0.29, 0.717) is 6.54 Å². The largest absolute Gasteiger partial charge is 0.480 e. The van der Waals surface area contributed by atoms with Gasteiger partial charge in [-0.15, -0.1) is 0 Å². The molecule has 0 radical (unpaired) electrons. The monoisotopic (exact) mass is 256 g/mol. The molecular formula is C12H20N2O2S. The maximum absolute atomic E-state index is 10.9. The molecule has 0 bridgehead atoms. The molecule has 17 heavy (non-hydrogen) atoms. The molecule has 0 amide bonds. The van der Waals surface area contributed by atoms with Crippen molar-refractivity contribution in [3.05, 3.63) is 16.1 Å². The normalized spacial score (nSPS) is 13.0. The second kappa shape index (κ2) is 6.12. The molecule has 1 aromatic rings. The molecular weight excluding hydrogens is 236 g/mol. The number of aromatic nitrogens is 1. The summed E-state index contributed by atoms with van der Waals surface area (Å²) in [6.45, 7) is 8.92. The fourth-order valence-electron chi connectivity index (χ4n) is 1.73. The lowest BCUT2D eigenvalue weighted by atomic mass is 10.1. The average Bonchev–Trinajstić information content (AvgIpc) is 2.58. The highest BCUT2D eigenvalue weighted by atomic mass is 32.1. The summed E-state index contributed by atoms with van der Waals surface area (Å²) in [7, 11) is 0. The van der Waals surface area contributed by atoms with Crippen LogP contribution in [0.3, 0.4) is 0 Å². The lowest BCUT2D eigenvalue weighted by molar-refractivity contribution is -0.139. The predicted octanol–water partition coefficient (Wildman–Crippen LogP) is 2.45. The molecule has 0 spiro atoms. The van der Waals surface area contributed by atoms with Gasteiger partial charge in [0.25, 0.3) is 0 Å². The van der Waals surface area contributed by atoms with Crippen LogP contribution in [-0.2, 0) is 11.3 Å². The lowest BCUT2D eigenvalue weighted by Gasteiger charge is -2.26. The SMILES string of the molecule is CCC(C)N(CC(=O)O)Cc1c(C)nsc1C. The molecule has 1 aromatic heterocycles. The molecule has 0 aliphatic carbocycles. The lowest BCUT2D eigenvalue weighted by Crippen LogP contribution is -2.36. The molecule has 4 nitrogen and oxygen atoms in total. The number of carboxylic acid groups (broad SMARTS) is 1. The van der Waals surface area contributed by atoms with Gasteiger partial charge in [0.05, 0.1) is 12.2 Å². The molecule has 0 aliphatic heterocycles. The minimum Gasteiger partial charge on any atom is -0.480 e. The van der Waals surface area contributed by atoms with Crippen molar-refractivity contribution in [2.45, 2.75) is 46.7 Å². The Hall–Kier alpha value is -0.940. The fourth-order valence-corrected chi connectivity index (χ4v) is 2.44. The summed E-state index contributed by atoms with van der Waals surface area (Å²) in [6.07, 6.45) is 0.947. The van der Waals surface area contributed by atoms with Crippen molar-refractivity contribution in [1.82, 2.24) is 9.27 Å². The van der Waals surface area contributed by atoms with Crippen LogP contribution in [0.1, 0.15) is 36.4 Å². The molecule has 5 heteroatoms. The summed E-state index contributed by atoms with van der Waals surface area (Å²) in [5.41, 5.74) is 2.20. The van der Waals surface area contributed by atoms with Crippen molar-refractivity contribution < 1.29 is 9.90 Å². The molecule has 1 heterocycles. The van der Waals surface area contributed by atoms with Crippen LogP contribution in [0.5, 0.6) is 0 Å². The Bertz CT molecular complexity index is 370. The van der Waals surface area contributed by atoms with Gasteiger partial charge in [0.1, 0.15) is 0 Å². The van der Waals surface area contributed by atoms with Gasteiger partial charge in [-0.3, -0.25) is 9.69 Å². The Morgan fingerprint density at radius 2 is 2.18 bits per heavy atom. The van der Waals surface area contributed by atoms with E-state index < -0.39 is 5.97 Å². The molecule has 0 saturated carbocycles. The molecule has 0 aliphatic rings. The van der Waals surface area contributed by atoms with Crippen LogP contribution < -0.4 is 0 Å². The molecule has 1 N–H and O–H groups in total. The highest BCUT2D eigenvalue weighted by Gasteiger charge is 2.18. The molecule has 1 rings (SSSR count). The van der Waals surface area contributed by atoms with Crippen LogP contribution in [-0.4, -0.2) is 32.9 Å². The maximum atomic E-state index is 10.9. The number of nitrogens with zero attached hydrogens (tertiary/aromatic N) is 2. The zero-order chi connectivity index (χ0) is 13.0. The number of hydrogen-bond acceptors (Lipinski definition) is 4. The zero-order valence-corrected chi connectivity index (χ0v) is 11.7. The van der Waals surface area contributed by atoms with Gasteiger partial charge in [-0.2, -0.15) is 4.37 Å². The molecule has 0 saturated heterocycles. The fraction of sp³-hybridized carbons (Fsp3) is 0.667. The van der Waals surface area contributed by atoms with Crippen molar-refractivity contribution >= 4 is 17.5 Å². The number of rotatable bonds is 6. The standard InChI is InChI=1S/C12H20N2O2S/c1-5-8(2)14(7-12(15)16)6-11-9(3)13-17-10(11)4/h8H,5-7H2,1-4H3,(H,15,16). The highest BCUT2D eigenvalue weighted by molar-refractivity contribution is 7.05. The third kappa shape index (κ3) is 3.78. The van der Waals surface area contributed by atoms with Crippen LogP contribution in [0.25, 0.3) is 0 Å². The van der Waals surface area contributed by atoms with Gasteiger partial charge in [0.2, 0.25) is 0 Å². The van der Waals surface area contributed by atoms with Crippen LogP contribution in [0, 0.1) is 13.8 Å². The molecule has 96 valence electrons. The van der Waals surface area contributed by atoms with E-state index in [2.05, 4.69) is 18.2 Å². The van der Waals surface area contributed by atoms with E-state index in [-0.39, 0.29) is 12.6 Å². The van der Waals surface area contributed by atoms with E-state index in [9.17, 15) is 4.79 Å². The number of carbonyl (C=O) groups is 1. The topological polar surface area (TPSA) is 53.4 Å². The van der Waals surface area contributed by atoms with Gasteiger partial charge in [0.15, 0.2) is 0 Å². The van der Waals surface area contributed by atoms with Crippen molar-refractivity contribution in [1.29, 1.82) is 0 Å². The summed E-state index contributed by atoms with van der Waals surface area (Å²) >= 11 is 1.49. The number of carboxylic acids is 1. The van der Waals surface area contributed by atoms with Crippen molar-refractivity contribution in [2.75, 3.05) is 6.54 Å². The summed E-state index contributed by atoms with van der Waals surface area (Å²) in [6, 6.07) is 0.268. The quantitative estimate of drug-likeness (QED) is 0.849. The van der Waals surface area contributed by atoms with Crippen molar-refractivity contribution in [3.8, 4) is 0 Å². The van der Waals surface area contributed by atoms with Crippen LogP contribution in [0.15, 0.2) is 0 Å². The minimum atomic E-state index is -0.774. The molecule has 0 fully saturated rings. The van der Waals surface area contributed by atoms with Gasteiger partial charge in [0, 0.05) is 23.0 Å². The first-order chi connectivity index (χ1) is 7.95. The van der Waals surface area contributed by atoms with Gasteiger partial charge in [-0.1, -0.05) is 6.92 Å². The Morgan fingerprint density at radius 1 is 1.53 bits per heavy atom. The first-order valence-electron chi connectivity index (χ1n) is 5.83. The van der Waals surface area contributed by atoms with Gasteiger partial charge < -0.3 is 5.11 Å². The molecule has 0 aromatic carbocycles. The summed E-state index contributed by atoms with van der Waals surface area (Å²) in [4.78, 5) is 14.0. The Balaban J connectivity index is 2.82. The Morgan fingerprint density at radius 3 is 2.59 bits per heavy atom. The number of hydrogen-bond donors (Lipinski definition) is 1. The van der Waals surface area contributed by atoms with E-state index in [1.54, 1.807) is 0 Å². The third-order valence-corrected chi connectivity index (χ3v) is 3.98. The van der Waals surface area contributed by atoms with Crippen LogP contribution >= 0.6 is 11.5 Å².